The smallest absolute Gasteiger partial charge is 0.0714 e. The van der Waals surface area contributed by atoms with Crippen LogP contribution >= 0.6 is 0 Å². The van der Waals surface area contributed by atoms with Gasteiger partial charge >= 0.3 is 0 Å². The largest absolute Gasteiger partial charge is 0.345 e. The average molecular weight is 1910 g/mol. The number of benzene rings is 22. The lowest BCUT2D eigenvalue weighted by atomic mass is 9.67. The maximum atomic E-state index is 2.42. The van der Waals surface area contributed by atoms with E-state index in [9.17, 15) is 0 Å². The van der Waals surface area contributed by atoms with Crippen LogP contribution in [0.4, 0.5) is 114 Å². The van der Waals surface area contributed by atoms with Gasteiger partial charge in [-0.25, -0.2) is 0 Å². The Balaban J connectivity index is 0.000000117. The Kier molecular flexibility index (Phi) is 28.4. The second kappa shape index (κ2) is 44.0. The molecule has 0 atom stereocenters. The molecule has 0 spiro atoms. The van der Waals surface area contributed by atoms with Crippen LogP contribution in [0.1, 0.15) is 47.2 Å². The summed E-state index contributed by atoms with van der Waals surface area (Å²) >= 11 is 0. The highest BCUT2D eigenvalue weighted by atomic mass is 15.2. The fourth-order valence-electron chi connectivity index (χ4n) is 21.0. The lowest BCUT2D eigenvalue weighted by Gasteiger charge is -2.35. The van der Waals surface area contributed by atoms with Crippen molar-refractivity contribution in [3.63, 3.8) is 0 Å². The summed E-state index contributed by atoms with van der Waals surface area (Å²) in [6.07, 6.45) is 0. The van der Waals surface area contributed by atoms with Gasteiger partial charge in [-0.2, -0.15) is 0 Å². The molecule has 0 radical (unpaired) electrons. The topological polar surface area (TPSA) is 25.9 Å². The quantitative estimate of drug-likeness (QED) is 0.0591. The van der Waals surface area contributed by atoms with E-state index in [0.29, 0.717) is 0 Å². The van der Waals surface area contributed by atoms with Crippen LogP contribution in [0.5, 0.6) is 0 Å². The first-order chi connectivity index (χ1) is 72.9. The molecule has 0 saturated carbocycles. The van der Waals surface area contributed by atoms with Crippen LogP contribution in [0.3, 0.4) is 0 Å². The number of nitrogens with zero attached hydrogens (tertiary/aromatic N) is 8. The standard InChI is InChI=1S/C44H34N2.C34H30N2.2C31H26N2/c1-45(35-20-10-4-11-21-35)36-26-28-38(29-27-36)46(37-22-12-5-13-23-37)39-30-31-41-40-24-14-15-25-42(40)44(43(41)32-39,33-16-6-2-7-17-33)34-18-8-3-9-19-34;1-34(2)32-17-11-10-16-30(32)31-23-22-29(24-33(31)34)36(27-14-8-5-9-15-27)28-20-18-26(19-21-28)35(3)25-12-6-4-7-13-25;1-32(26-15-7-3-8-16-26)27-21-23-29(24-22-27)33(28-17-9-4-10-18-28)31-20-12-11-19-30(31)25-13-5-2-6-14-25;1-32(27-15-7-3-8-16-27)28-20-22-30(23-21-28)33(29-17-9-4-10-18-29)31-19-11-14-26(24-31)25-12-5-2-6-13-25/h2-32H,1H3;4-24H,1-3H3;2*2-24H,1H3. The van der Waals surface area contributed by atoms with Crippen molar-refractivity contribution < 1.29 is 0 Å². The minimum absolute atomic E-state index is 0.0352. The summed E-state index contributed by atoms with van der Waals surface area (Å²) in [5, 5.41) is 0. The first kappa shape index (κ1) is 95.4. The molecule has 0 bridgehead atoms. The van der Waals surface area contributed by atoms with Crippen molar-refractivity contribution in [3.05, 3.63) is 628 Å². The van der Waals surface area contributed by atoms with Crippen molar-refractivity contribution in [2.75, 3.05) is 67.4 Å². The van der Waals surface area contributed by atoms with Crippen LogP contribution in [-0.2, 0) is 10.8 Å². The van der Waals surface area contributed by atoms with Gasteiger partial charge in [0.05, 0.1) is 11.1 Å². The summed E-state index contributed by atoms with van der Waals surface area (Å²) < 4.78 is 0. The van der Waals surface area contributed by atoms with Gasteiger partial charge in [0.1, 0.15) is 0 Å². The van der Waals surface area contributed by atoms with Crippen molar-refractivity contribution in [1.82, 2.24) is 0 Å². The number of hydrogen-bond acceptors (Lipinski definition) is 8. The molecule has 22 aromatic rings. The molecule has 0 N–H and O–H groups in total. The average Bonchev–Trinajstić information content (AvgIpc) is 1.53. The Bertz CT molecular complexity index is 8070. The lowest BCUT2D eigenvalue weighted by Crippen LogP contribution is -2.28. The van der Waals surface area contributed by atoms with E-state index in [1.807, 2.05) is 12.1 Å². The van der Waals surface area contributed by atoms with Crippen molar-refractivity contribution >= 4 is 114 Å². The normalized spacial score (nSPS) is 11.8. The molecule has 0 aliphatic heterocycles. The first-order valence-electron chi connectivity index (χ1n) is 50.8. The number of rotatable bonds is 24. The van der Waals surface area contributed by atoms with Crippen molar-refractivity contribution in [2.45, 2.75) is 24.7 Å². The number of fused-ring (bicyclic) bond motifs is 6. The Morgan fingerprint density at radius 1 is 0.135 bits per heavy atom. The third-order valence-corrected chi connectivity index (χ3v) is 28.6. The van der Waals surface area contributed by atoms with E-state index >= 15 is 0 Å². The van der Waals surface area contributed by atoms with E-state index in [1.165, 1.54) is 101 Å². The Hall–Kier alpha value is -18.8. The minimum Gasteiger partial charge on any atom is -0.345 e. The molecule has 0 unspecified atom stereocenters. The molecule has 0 fully saturated rings. The Morgan fingerprint density at radius 2 is 0.351 bits per heavy atom. The molecule has 148 heavy (non-hydrogen) atoms. The summed E-state index contributed by atoms with van der Waals surface area (Å²) in [5.74, 6) is 0. The molecule has 716 valence electrons. The third kappa shape index (κ3) is 20.0. The number of para-hydroxylation sites is 9. The van der Waals surface area contributed by atoms with Crippen LogP contribution < -0.4 is 39.2 Å². The molecular formula is C140H116N8. The van der Waals surface area contributed by atoms with Crippen LogP contribution in [0, 0.1) is 0 Å². The van der Waals surface area contributed by atoms with E-state index in [-0.39, 0.29) is 5.41 Å². The second-order valence-corrected chi connectivity index (χ2v) is 37.8. The predicted molar refractivity (Wildman–Crippen MR) is 628 cm³/mol. The fraction of sp³-hybridized carbons (Fsp3) is 0.0571. The van der Waals surface area contributed by atoms with Gasteiger partial charge in [-0.05, 0) is 309 Å². The Labute approximate surface area is 872 Å². The first-order valence-corrected chi connectivity index (χ1v) is 50.8. The molecule has 0 amide bonds. The zero-order chi connectivity index (χ0) is 101. The maximum absolute atomic E-state index is 2.42. The summed E-state index contributed by atoms with van der Waals surface area (Å²) in [7, 11) is 8.43. The lowest BCUT2D eigenvalue weighted by molar-refractivity contribution is 0.660. The Morgan fingerprint density at radius 3 is 0.716 bits per heavy atom. The van der Waals surface area contributed by atoms with Crippen LogP contribution in [0.15, 0.2) is 595 Å². The van der Waals surface area contributed by atoms with E-state index in [2.05, 4.69) is 664 Å². The molecule has 0 aromatic heterocycles. The number of hydrogen-bond donors (Lipinski definition) is 0. The van der Waals surface area contributed by atoms with Crippen LogP contribution in [0.2, 0.25) is 0 Å². The molecule has 24 rings (SSSR count). The van der Waals surface area contributed by atoms with E-state index in [0.717, 1.165) is 91.0 Å². The van der Waals surface area contributed by atoms with Crippen LogP contribution in [0.25, 0.3) is 44.5 Å². The van der Waals surface area contributed by atoms with E-state index in [1.54, 1.807) is 0 Å². The molecule has 8 nitrogen and oxygen atoms in total. The predicted octanol–water partition coefficient (Wildman–Crippen LogP) is 37.7. The van der Waals surface area contributed by atoms with Gasteiger partial charge in [0.25, 0.3) is 0 Å². The zero-order valence-electron chi connectivity index (χ0n) is 84.2. The van der Waals surface area contributed by atoms with Gasteiger partial charge in [-0.3, -0.25) is 0 Å². The molecule has 2 aliphatic rings. The van der Waals surface area contributed by atoms with Crippen molar-refractivity contribution in [3.8, 4) is 44.5 Å². The molecule has 22 aromatic carbocycles. The molecule has 8 heteroatoms. The molecule has 2 aliphatic carbocycles. The zero-order valence-corrected chi connectivity index (χ0v) is 84.2. The summed E-state index contributed by atoms with van der Waals surface area (Å²) in [6.45, 7) is 4.67. The highest BCUT2D eigenvalue weighted by Crippen LogP contribution is 2.59. The summed E-state index contributed by atoms with van der Waals surface area (Å²) in [6, 6.07) is 212. The van der Waals surface area contributed by atoms with Gasteiger partial charge in [0, 0.05) is 147 Å². The van der Waals surface area contributed by atoms with Crippen molar-refractivity contribution in [2.24, 2.45) is 0 Å². The molecular weight excluding hydrogens is 1790 g/mol. The van der Waals surface area contributed by atoms with Crippen molar-refractivity contribution in [1.29, 1.82) is 0 Å². The van der Waals surface area contributed by atoms with Crippen LogP contribution in [-0.4, -0.2) is 28.2 Å². The van der Waals surface area contributed by atoms with E-state index < -0.39 is 5.41 Å². The van der Waals surface area contributed by atoms with Gasteiger partial charge in [0.15, 0.2) is 0 Å². The van der Waals surface area contributed by atoms with E-state index in [4.69, 9.17) is 0 Å². The highest BCUT2D eigenvalue weighted by molar-refractivity contribution is 5.93. The monoisotopic (exact) mass is 1910 g/mol. The minimum atomic E-state index is -0.449. The SMILES string of the molecule is CN(c1ccccc1)c1ccc(N(c2ccccc2)c2ccc3c(c2)C(C)(C)c2ccccc2-3)cc1.CN(c1ccccc1)c1ccc(N(c2ccccc2)c2ccc3c(c2)C(c2ccccc2)(c2ccccc2)c2ccccc2-3)cc1.CN(c1ccccc1)c1ccc(N(c2ccccc2)c2cccc(-c3ccccc3)c2)cc1.CN(c1ccccc1)c1ccc(N(c2ccccc2)c2ccccc2-c2ccccc2)cc1. The maximum Gasteiger partial charge on any atom is 0.0714 e. The third-order valence-electron chi connectivity index (χ3n) is 28.6. The molecule has 0 heterocycles. The van der Waals surface area contributed by atoms with Gasteiger partial charge in [0.2, 0.25) is 0 Å². The number of anilines is 20. The fourth-order valence-corrected chi connectivity index (χ4v) is 21.0. The molecule has 0 saturated heterocycles. The second-order valence-electron chi connectivity index (χ2n) is 37.8. The summed E-state index contributed by atoms with van der Waals surface area (Å²) in [5.41, 5.74) is 40.4. The van der Waals surface area contributed by atoms with Gasteiger partial charge in [-0.1, -0.05) is 372 Å². The highest BCUT2D eigenvalue weighted by Gasteiger charge is 2.47. The van der Waals surface area contributed by atoms with Gasteiger partial charge in [-0.15, -0.1) is 0 Å². The van der Waals surface area contributed by atoms with Gasteiger partial charge < -0.3 is 39.2 Å². The summed E-state index contributed by atoms with van der Waals surface area (Å²) in [4.78, 5) is 18.2.